The Morgan fingerprint density at radius 1 is 1.28 bits per heavy atom. The number of anilines is 1. The summed E-state index contributed by atoms with van der Waals surface area (Å²) < 4.78 is 12.0. The number of nitrogens with zero attached hydrogens (tertiary/aromatic N) is 2. The molecule has 1 aromatic carbocycles. The standard InChI is InChI=1S/C19H21N3O2S/c1-23-12-19-21-16(15-4-6-24-11-15)9-18(22-19)20-10-13-2-3-17-14(8-13)5-7-25-17/h2-3,5,7-9,15H,4,6,10-12H2,1H3,(H,20,21,22)/t15-/m1/s1. The molecule has 0 radical (unpaired) electrons. The van der Waals surface area contributed by atoms with E-state index in [2.05, 4.69) is 44.9 Å². The molecule has 25 heavy (non-hydrogen) atoms. The van der Waals surface area contributed by atoms with Gasteiger partial charge in [0.25, 0.3) is 0 Å². The molecule has 0 unspecified atom stereocenters. The number of aromatic nitrogens is 2. The highest BCUT2D eigenvalue weighted by molar-refractivity contribution is 7.17. The van der Waals surface area contributed by atoms with Crippen LogP contribution in [0.3, 0.4) is 0 Å². The van der Waals surface area contributed by atoms with Gasteiger partial charge in [0.15, 0.2) is 5.82 Å². The number of methoxy groups -OCH3 is 1. The summed E-state index contributed by atoms with van der Waals surface area (Å²) in [6.07, 6.45) is 1.01. The Hall–Kier alpha value is -2.02. The van der Waals surface area contributed by atoms with E-state index in [0.717, 1.165) is 37.7 Å². The molecule has 1 aliphatic heterocycles. The zero-order valence-corrected chi connectivity index (χ0v) is 15.0. The molecular weight excluding hydrogens is 334 g/mol. The fourth-order valence-electron chi connectivity index (χ4n) is 3.10. The number of nitrogens with one attached hydrogen (secondary N) is 1. The van der Waals surface area contributed by atoms with Crippen LogP contribution < -0.4 is 5.32 Å². The molecule has 130 valence electrons. The topological polar surface area (TPSA) is 56.3 Å². The Bertz CT molecular complexity index is 859. The Labute approximate surface area is 151 Å². The minimum atomic E-state index is 0.348. The van der Waals surface area contributed by atoms with Crippen molar-refractivity contribution in [2.75, 3.05) is 25.6 Å². The molecule has 3 heterocycles. The number of fused-ring (bicyclic) bond motifs is 1. The fourth-order valence-corrected chi connectivity index (χ4v) is 3.87. The summed E-state index contributed by atoms with van der Waals surface area (Å²) in [6.45, 7) is 2.68. The molecule has 6 heteroatoms. The first-order chi connectivity index (χ1) is 12.3. The molecule has 0 bridgehead atoms. The van der Waals surface area contributed by atoms with Crippen molar-refractivity contribution in [3.05, 3.63) is 52.8 Å². The van der Waals surface area contributed by atoms with E-state index in [1.54, 1.807) is 18.4 Å². The van der Waals surface area contributed by atoms with Crippen LogP contribution in [0.1, 0.15) is 29.4 Å². The number of ether oxygens (including phenoxy) is 2. The van der Waals surface area contributed by atoms with Crippen LogP contribution in [0.2, 0.25) is 0 Å². The maximum atomic E-state index is 5.50. The van der Waals surface area contributed by atoms with E-state index in [9.17, 15) is 0 Å². The van der Waals surface area contributed by atoms with Crippen LogP contribution in [0.4, 0.5) is 5.82 Å². The van der Waals surface area contributed by atoms with Gasteiger partial charge in [-0.15, -0.1) is 11.3 Å². The third kappa shape index (κ3) is 3.81. The highest BCUT2D eigenvalue weighted by Gasteiger charge is 2.20. The average molecular weight is 355 g/mol. The van der Waals surface area contributed by atoms with E-state index in [-0.39, 0.29) is 0 Å². The Morgan fingerprint density at radius 2 is 2.24 bits per heavy atom. The summed E-state index contributed by atoms with van der Waals surface area (Å²) in [5.41, 5.74) is 2.28. The van der Waals surface area contributed by atoms with Crippen molar-refractivity contribution in [2.24, 2.45) is 0 Å². The van der Waals surface area contributed by atoms with Crippen molar-refractivity contribution >= 4 is 27.2 Å². The second-order valence-electron chi connectivity index (χ2n) is 6.23. The van der Waals surface area contributed by atoms with Crippen LogP contribution in [0.5, 0.6) is 0 Å². The number of hydrogen-bond acceptors (Lipinski definition) is 6. The van der Waals surface area contributed by atoms with Gasteiger partial charge >= 0.3 is 0 Å². The third-order valence-electron chi connectivity index (χ3n) is 4.40. The predicted molar refractivity (Wildman–Crippen MR) is 100 cm³/mol. The summed E-state index contributed by atoms with van der Waals surface area (Å²) in [6, 6.07) is 10.8. The van der Waals surface area contributed by atoms with Crippen LogP contribution in [-0.2, 0) is 22.6 Å². The van der Waals surface area contributed by atoms with Crippen molar-refractivity contribution in [1.29, 1.82) is 0 Å². The first-order valence-corrected chi connectivity index (χ1v) is 9.34. The van der Waals surface area contributed by atoms with Gasteiger partial charge in [-0.05, 0) is 40.9 Å². The second-order valence-corrected chi connectivity index (χ2v) is 7.18. The van der Waals surface area contributed by atoms with E-state index < -0.39 is 0 Å². The van der Waals surface area contributed by atoms with Gasteiger partial charge in [-0.25, -0.2) is 9.97 Å². The predicted octanol–water partition coefficient (Wildman–Crippen LogP) is 3.95. The van der Waals surface area contributed by atoms with E-state index >= 15 is 0 Å². The number of rotatable bonds is 6. The lowest BCUT2D eigenvalue weighted by atomic mass is 10.0. The van der Waals surface area contributed by atoms with Crippen LogP contribution in [0.25, 0.3) is 10.1 Å². The first-order valence-electron chi connectivity index (χ1n) is 8.46. The van der Waals surface area contributed by atoms with E-state index in [4.69, 9.17) is 9.47 Å². The highest BCUT2D eigenvalue weighted by Crippen LogP contribution is 2.26. The van der Waals surface area contributed by atoms with Crippen molar-refractivity contribution in [3.8, 4) is 0 Å². The molecular formula is C19H21N3O2S. The van der Waals surface area contributed by atoms with Crippen molar-refractivity contribution in [3.63, 3.8) is 0 Å². The van der Waals surface area contributed by atoms with Crippen LogP contribution >= 0.6 is 11.3 Å². The van der Waals surface area contributed by atoms with Gasteiger partial charge in [-0.3, -0.25) is 0 Å². The molecule has 4 rings (SSSR count). The van der Waals surface area contributed by atoms with Gasteiger partial charge in [-0.2, -0.15) is 0 Å². The largest absolute Gasteiger partial charge is 0.381 e. The van der Waals surface area contributed by atoms with Crippen molar-refractivity contribution in [2.45, 2.75) is 25.5 Å². The Balaban J connectivity index is 1.53. The number of thiophene rings is 1. The quantitative estimate of drug-likeness (QED) is 0.725. The third-order valence-corrected chi connectivity index (χ3v) is 5.30. The molecule has 0 saturated carbocycles. The van der Waals surface area contributed by atoms with Gasteiger partial charge in [0.05, 0.1) is 12.3 Å². The van der Waals surface area contributed by atoms with Gasteiger partial charge in [0.1, 0.15) is 12.4 Å². The summed E-state index contributed by atoms with van der Waals surface area (Å²) in [4.78, 5) is 9.22. The molecule has 1 atom stereocenters. The summed E-state index contributed by atoms with van der Waals surface area (Å²) in [5, 5.41) is 6.85. The minimum Gasteiger partial charge on any atom is -0.381 e. The maximum absolute atomic E-state index is 5.50. The summed E-state index contributed by atoms with van der Waals surface area (Å²) >= 11 is 1.77. The molecule has 0 aliphatic carbocycles. The number of hydrogen-bond donors (Lipinski definition) is 1. The lowest BCUT2D eigenvalue weighted by Gasteiger charge is -2.13. The normalized spacial score (nSPS) is 17.2. The minimum absolute atomic E-state index is 0.348. The van der Waals surface area contributed by atoms with Gasteiger partial charge in [0.2, 0.25) is 0 Å². The van der Waals surface area contributed by atoms with E-state index in [0.29, 0.717) is 18.3 Å². The van der Waals surface area contributed by atoms with Gasteiger partial charge in [-0.1, -0.05) is 6.07 Å². The average Bonchev–Trinajstić information content (AvgIpc) is 3.31. The monoisotopic (exact) mass is 355 g/mol. The zero-order chi connectivity index (χ0) is 17.1. The Morgan fingerprint density at radius 3 is 3.08 bits per heavy atom. The summed E-state index contributed by atoms with van der Waals surface area (Å²) in [7, 11) is 1.66. The molecule has 1 N–H and O–H groups in total. The van der Waals surface area contributed by atoms with Crippen LogP contribution in [-0.4, -0.2) is 30.3 Å². The Kier molecular flexibility index (Phi) is 4.92. The molecule has 5 nitrogen and oxygen atoms in total. The molecule has 1 saturated heterocycles. The molecule has 1 aliphatic rings. The lowest BCUT2D eigenvalue weighted by Crippen LogP contribution is -2.10. The number of benzene rings is 1. The van der Waals surface area contributed by atoms with Crippen LogP contribution in [0.15, 0.2) is 35.7 Å². The fraction of sp³-hybridized carbons (Fsp3) is 0.368. The van der Waals surface area contributed by atoms with E-state index in [1.165, 1.54) is 15.6 Å². The van der Waals surface area contributed by atoms with Crippen molar-refractivity contribution in [1.82, 2.24) is 9.97 Å². The molecule has 0 spiro atoms. The molecule has 2 aromatic heterocycles. The molecule has 0 amide bonds. The van der Waals surface area contributed by atoms with Gasteiger partial charge < -0.3 is 14.8 Å². The maximum Gasteiger partial charge on any atom is 0.156 e. The second kappa shape index (κ2) is 7.47. The SMILES string of the molecule is COCc1nc(NCc2ccc3sccc3c2)cc([C@@H]2CCOC2)n1. The van der Waals surface area contributed by atoms with Crippen molar-refractivity contribution < 1.29 is 9.47 Å². The highest BCUT2D eigenvalue weighted by atomic mass is 32.1. The summed E-state index contributed by atoms with van der Waals surface area (Å²) in [5.74, 6) is 1.90. The first kappa shape index (κ1) is 16.4. The van der Waals surface area contributed by atoms with Gasteiger partial charge in [0, 0.05) is 36.9 Å². The zero-order valence-electron chi connectivity index (χ0n) is 14.2. The molecule has 3 aromatic rings. The van der Waals surface area contributed by atoms with Crippen LogP contribution in [0, 0.1) is 0 Å². The smallest absolute Gasteiger partial charge is 0.156 e. The van der Waals surface area contributed by atoms with E-state index in [1.807, 2.05) is 6.07 Å². The molecule has 1 fully saturated rings. The lowest BCUT2D eigenvalue weighted by molar-refractivity contribution is 0.177.